The molecule has 5 nitrogen and oxygen atoms in total. The van der Waals surface area contributed by atoms with Crippen molar-refractivity contribution < 1.29 is 19.0 Å². The van der Waals surface area contributed by atoms with E-state index in [2.05, 4.69) is 31.0 Å². The summed E-state index contributed by atoms with van der Waals surface area (Å²) in [6, 6.07) is 4.39. The van der Waals surface area contributed by atoms with E-state index in [1.807, 2.05) is 13.0 Å². The second-order valence-corrected chi connectivity index (χ2v) is 10.2. The minimum absolute atomic E-state index is 0.0393. The molecule has 0 aromatic heterocycles. The molecule has 0 N–H and O–H groups in total. The zero-order valence-electron chi connectivity index (χ0n) is 18.0. The van der Waals surface area contributed by atoms with Crippen molar-refractivity contribution in [2.75, 3.05) is 27.3 Å². The van der Waals surface area contributed by atoms with Crippen LogP contribution in [0, 0.1) is 17.3 Å². The van der Waals surface area contributed by atoms with Crippen molar-refractivity contribution in [3.8, 4) is 11.5 Å². The molecule has 2 spiro atoms. The van der Waals surface area contributed by atoms with Gasteiger partial charge in [0.05, 0.1) is 25.0 Å². The van der Waals surface area contributed by atoms with Crippen LogP contribution >= 0.6 is 11.6 Å². The summed E-state index contributed by atoms with van der Waals surface area (Å²) < 4.78 is 18.3. The second-order valence-electron chi connectivity index (χ2n) is 9.75. The van der Waals surface area contributed by atoms with Gasteiger partial charge in [0.15, 0.2) is 11.5 Å². The number of hydrogen-bond donors (Lipinski definition) is 0. The summed E-state index contributed by atoms with van der Waals surface area (Å²) in [5.74, 6) is 1.28. The molecule has 0 radical (unpaired) electrons. The summed E-state index contributed by atoms with van der Waals surface area (Å²) in [5.41, 5.74) is 1.31. The van der Waals surface area contributed by atoms with E-state index in [4.69, 9.17) is 25.8 Å². The Morgan fingerprint density at radius 2 is 2.20 bits per heavy atom. The van der Waals surface area contributed by atoms with Crippen molar-refractivity contribution in [3.63, 3.8) is 0 Å². The molecule has 2 fully saturated rings. The summed E-state index contributed by atoms with van der Waals surface area (Å²) in [5, 5.41) is 0.837. The van der Waals surface area contributed by atoms with Crippen LogP contribution in [-0.2, 0) is 21.4 Å². The Morgan fingerprint density at radius 1 is 1.40 bits per heavy atom. The van der Waals surface area contributed by atoms with Gasteiger partial charge in [0.1, 0.15) is 5.60 Å². The molecule has 6 aliphatic rings. The van der Waals surface area contributed by atoms with Gasteiger partial charge in [-0.2, -0.15) is 0 Å². The zero-order valence-corrected chi connectivity index (χ0v) is 18.7. The largest absolute Gasteiger partial charge is 0.493 e. The van der Waals surface area contributed by atoms with E-state index in [0.29, 0.717) is 13.0 Å². The number of hydrogen-bond acceptors (Lipinski definition) is 5. The maximum Gasteiger partial charge on any atom is 0.309 e. The third kappa shape index (κ3) is 1.74. The van der Waals surface area contributed by atoms with Gasteiger partial charge in [0.25, 0.3) is 0 Å². The van der Waals surface area contributed by atoms with E-state index in [1.54, 1.807) is 7.11 Å². The van der Waals surface area contributed by atoms with E-state index >= 15 is 0 Å². The van der Waals surface area contributed by atoms with Gasteiger partial charge in [-0.25, -0.2) is 0 Å². The molecule has 6 heteroatoms. The molecule has 4 bridgehead atoms. The van der Waals surface area contributed by atoms with Crippen LogP contribution in [0.15, 0.2) is 23.2 Å². The lowest BCUT2D eigenvalue weighted by Gasteiger charge is -2.72. The Labute approximate surface area is 182 Å². The number of nitrogens with zero attached hydrogens (tertiary/aromatic N) is 1. The number of likely N-dealkylation sites (tertiary alicyclic amines) is 1. The van der Waals surface area contributed by atoms with Gasteiger partial charge >= 0.3 is 5.97 Å². The first-order valence-electron chi connectivity index (χ1n) is 11.0. The molecule has 1 saturated heterocycles. The van der Waals surface area contributed by atoms with Gasteiger partial charge in [0, 0.05) is 28.0 Å². The van der Waals surface area contributed by atoms with Crippen LogP contribution in [0.25, 0.3) is 0 Å². The molecule has 1 aromatic carbocycles. The minimum Gasteiger partial charge on any atom is -0.493 e. The van der Waals surface area contributed by atoms with Gasteiger partial charge in [-0.1, -0.05) is 23.7 Å². The van der Waals surface area contributed by atoms with E-state index < -0.39 is 11.0 Å². The Balaban J connectivity index is 1.72. The van der Waals surface area contributed by atoms with Crippen LogP contribution in [0.4, 0.5) is 0 Å². The Morgan fingerprint density at radius 3 is 2.93 bits per heavy atom. The fourth-order valence-electron chi connectivity index (χ4n) is 8.08. The van der Waals surface area contributed by atoms with Crippen LogP contribution in [-0.4, -0.2) is 49.8 Å². The molecule has 2 heterocycles. The first kappa shape index (κ1) is 19.0. The van der Waals surface area contributed by atoms with Crippen LogP contribution in [0.5, 0.6) is 11.5 Å². The van der Waals surface area contributed by atoms with Crippen molar-refractivity contribution in [2.45, 2.75) is 50.2 Å². The predicted molar refractivity (Wildman–Crippen MR) is 113 cm³/mol. The molecule has 0 unspecified atom stereocenters. The monoisotopic (exact) mass is 429 g/mol. The van der Waals surface area contributed by atoms with Gasteiger partial charge in [-0.3, -0.25) is 4.79 Å². The first-order valence-corrected chi connectivity index (χ1v) is 11.4. The van der Waals surface area contributed by atoms with Gasteiger partial charge in [-0.15, -0.1) is 0 Å². The highest BCUT2D eigenvalue weighted by Gasteiger charge is 2.82. The topological polar surface area (TPSA) is 48.0 Å². The Bertz CT molecular complexity index is 1010. The van der Waals surface area contributed by atoms with Gasteiger partial charge in [0.2, 0.25) is 0 Å². The number of carbonyl (C=O) groups excluding carboxylic acids is 1. The number of piperidine rings is 1. The number of ether oxygens (including phenoxy) is 3. The van der Waals surface area contributed by atoms with Crippen molar-refractivity contribution in [3.05, 3.63) is 34.4 Å². The molecule has 160 valence electrons. The van der Waals surface area contributed by atoms with Crippen molar-refractivity contribution in [1.29, 1.82) is 0 Å². The van der Waals surface area contributed by atoms with Crippen LogP contribution < -0.4 is 9.47 Å². The van der Waals surface area contributed by atoms with Crippen molar-refractivity contribution >= 4 is 17.6 Å². The lowest BCUT2D eigenvalue weighted by Crippen LogP contribution is -2.80. The minimum atomic E-state index is -0.506. The normalized spacial score (nSPS) is 42.3. The fourth-order valence-corrected chi connectivity index (χ4v) is 8.56. The molecule has 1 saturated carbocycles. The van der Waals surface area contributed by atoms with Crippen LogP contribution in [0.2, 0.25) is 0 Å². The number of halogens is 1. The van der Waals surface area contributed by atoms with E-state index in [9.17, 15) is 4.79 Å². The number of likely N-dealkylation sites (N-methyl/N-ethyl adjacent to an activating group) is 1. The van der Waals surface area contributed by atoms with Crippen molar-refractivity contribution in [2.24, 2.45) is 17.3 Å². The van der Waals surface area contributed by atoms with E-state index in [1.165, 1.54) is 11.1 Å². The molecule has 30 heavy (non-hydrogen) atoms. The standard InChI is InChI=1S/C24H28ClNO4/c1-5-29-21(27)15-11-14-16(25)12-23(15)18-10-13-6-7-17(28-4)20-19(13)24(23,8-9-26(18)3)22(14,2)30-20/h6-7,12,14-15,18H,5,8-11H2,1-4H3/t14-,15-,18+,22-,23+,24+/m1/s1. The predicted octanol–water partition coefficient (Wildman–Crippen LogP) is 3.67. The number of rotatable bonds is 3. The van der Waals surface area contributed by atoms with Crippen LogP contribution in [0.1, 0.15) is 37.8 Å². The molecule has 6 atom stereocenters. The average Bonchev–Trinajstić information content (AvgIpc) is 2.99. The highest BCUT2D eigenvalue weighted by atomic mass is 35.5. The summed E-state index contributed by atoms with van der Waals surface area (Å²) in [4.78, 5) is 15.8. The Kier molecular flexibility index (Phi) is 3.64. The molecule has 7 rings (SSSR count). The second kappa shape index (κ2) is 5.74. The molecule has 2 aliphatic heterocycles. The van der Waals surface area contributed by atoms with Crippen LogP contribution in [0.3, 0.4) is 0 Å². The third-order valence-electron chi connectivity index (χ3n) is 9.09. The maximum absolute atomic E-state index is 13.4. The fraction of sp³-hybridized carbons (Fsp3) is 0.625. The van der Waals surface area contributed by atoms with Gasteiger partial charge < -0.3 is 19.1 Å². The highest BCUT2D eigenvalue weighted by molar-refractivity contribution is 6.30. The molecular weight excluding hydrogens is 402 g/mol. The molecular formula is C24H28ClNO4. The van der Waals surface area contributed by atoms with E-state index in [-0.39, 0.29) is 29.3 Å². The number of esters is 1. The maximum atomic E-state index is 13.4. The molecule has 4 aliphatic carbocycles. The average molecular weight is 430 g/mol. The molecule has 1 aromatic rings. The number of carbonyl (C=O) groups is 1. The lowest BCUT2D eigenvalue weighted by molar-refractivity contribution is -0.205. The summed E-state index contributed by atoms with van der Waals surface area (Å²) in [6.45, 7) is 5.46. The summed E-state index contributed by atoms with van der Waals surface area (Å²) in [7, 11) is 3.88. The van der Waals surface area contributed by atoms with E-state index in [0.717, 1.165) is 35.9 Å². The smallest absolute Gasteiger partial charge is 0.309 e. The van der Waals surface area contributed by atoms with Crippen molar-refractivity contribution in [1.82, 2.24) is 4.90 Å². The summed E-state index contributed by atoms with van der Waals surface area (Å²) in [6.07, 6.45) is 4.71. The SMILES string of the molecule is CCOC(=O)[C@H]1C[C@@H]2C(Cl)=C[C@@]13[C@@H]1Cc4ccc(OC)c5c4[C@@]3(CCN1C)[C@]2(C)O5. The summed E-state index contributed by atoms with van der Waals surface area (Å²) >= 11 is 6.96. The zero-order chi connectivity index (χ0) is 21.1. The number of methoxy groups -OCH3 is 1. The van der Waals surface area contributed by atoms with Gasteiger partial charge in [-0.05, 0) is 58.3 Å². The third-order valence-corrected chi connectivity index (χ3v) is 9.46. The lowest BCUT2D eigenvalue weighted by atomic mass is 9.33. The number of fused-ring (bicyclic) bond motifs is 1. The Hall–Kier alpha value is -1.72. The molecule has 0 amide bonds. The quantitative estimate of drug-likeness (QED) is 0.686. The number of benzene rings is 1. The first-order chi connectivity index (χ1) is 14.4. The highest BCUT2D eigenvalue weighted by Crippen LogP contribution is 2.78.